The van der Waals surface area contributed by atoms with Gasteiger partial charge in [0.25, 0.3) is 0 Å². The van der Waals surface area contributed by atoms with Crippen LogP contribution in [0.2, 0.25) is 0 Å². The molecule has 22 heavy (non-hydrogen) atoms. The number of rotatable bonds is 7. The Kier molecular flexibility index (Phi) is 128. The standard InChI is InChI=1S/C11H23.6CH4.HO3S.Y/c1-4-6-7-8-9-10-11(3)5-2;;;;;;;1-4(2)3;/h8,11H,4-7,9-10H2,1-3H3;6*1H4;(H,1,2,3);/q-1;;;;;;;-1;. The predicted molar refractivity (Wildman–Crippen MR) is 104 cm³/mol. The third-order valence-corrected chi connectivity index (χ3v) is 2.32. The molecule has 1 N–H and O–H groups in total. The predicted octanol–water partition coefficient (Wildman–Crippen LogP) is 7.79. The first kappa shape index (κ1) is 56.8. The van der Waals surface area contributed by atoms with Crippen molar-refractivity contribution in [3.05, 3.63) is 6.42 Å². The topological polar surface area (TPSA) is 54.4 Å². The Hall–Kier alpha value is 1.01. The van der Waals surface area contributed by atoms with Crippen molar-refractivity contribution in [2.45, 2.75) is 104 Å². The van der Waals surface area contributed by atoms with Crippen molar-refractivity contribution in [2.24, 2.45) is 5.92 Å². The second kappa shape index (κ2) is 49.5. The Morgan fingerprint density at radius 1 is 0.955 bits per heavy atom. The number of hydrogen-bond donors (Lipinski definition) is 1. The smallest absolute Gasteiger partial charge is 0.0495 e. The molecule has 1 unspecified atom stereocenters. The summed E-state index contributed by atoms with van der Waals surface area (Å²) in [5, 5.41) is 0. The van der Waals surface area contributed by atoms with Crippen LogP contribution in [0.15, 0.2) is 0 Å². The molecule has 0 heterocycles. The number of unbranched alkanes of at least 4 members (excludes halogenated alkanes) is 4. The van der Waals surface area contributed by atoms with Crippen LogP contribution in [0.4, 0.5) is 0 Å². The molecule has 0 aromatic heterocycles. The van der Waals surface area contributed by atoms with Gasteiger partial charge in [-0.3, -0.25) is 0 Å². The molecule has 0 aliphatic rings. The molecule has 0 aromatic rings. The quantitative estimate of drug-likeness (QED) is 0.150. The minimum atomic E-state index is -2.86. The van der Waals surface area contributed by atoms with Crippen molar-refractivity contribution < 1.29 is 45.7 Å². The molecule has 0 spiro atoms. The second-order valence-electron chi connectivity index (χ2n) is 3.74. The Bertz CT molecular complexity index is 179. The van der Waals surface area contributed by atoms with E-state index in [-0.39, 0.29) is 77.3 Å². The molecule has 3 nitrogen and oxygen atoms in total. The first-order valence-corrected chi connectivity index (χ1v) is 6.67. The molecule has 0 aliphatic carbocycles. The van der Waals surface area contributed by atoms with Crippen LogP contribution in [0.25, 0.3) is 0 Å². The Labute approximate surface area is 172 Å². The molecule has 0 aliphatic heterocycles. The third-order valence-electron chi connectivity index (χ3n) is 2.32. The van der Waals surface area contributed by atoms with Gasteiger partial charge in [0.2, 0.25) is 0 Å². The molecule has 0 amide bonds. The largest absolute Gasteiger partial charge is 0.439 e. The molecular weight excluding hydrogens is 373 g/mol. The summed E-state index contributed by atoms with van der Waals surface area (Å²) in [6.45, 7) is 6.87. The fraction of sp³-hybridized carbons (Fsp3) is 0.941. The maximum absolute atomic E-state index is 8.56. The van der Waals surface area contributed by atoms with Crippen molar-refractivity contribution in [1.29, 1.82) is 0 Å². The molecular formula is C17H48O3SY-2. The third kappa shape index (κ3) is 83.9. The summed E-state index contributed by atoms with van der Waals surface area (Å²) in [5.74, 6) is 0.924. The molecule has 1 atom stereocenters. The second-order valence-corrected chi connectivity index (χ2v) is 4.17. The Balaban J connectivity index is -0.0000000200. The molecule has 0 rings (SSSR count). The van der Waals surface area contributed by atoms with E-state index in [4.69, 9.17) is 13.0 Å². The van der Waals surface area contributed by atoms with Crippen LogP contribution in [-0.2, 0) is 52.1 Å². The molecule has 0 bridgehead atoms. The molecule has 145 valence electrons. The molecule has 1 radical (unpaired) electrons. The minimum Gasteiger partial charge on any atom is -0.439 e. The van der Waals surface area contributed by atoms with E-state index in [2.05, 4.69) is 27.2 Å². The van der Waals surface area contributed by atoms with E-state index in [0.29, 0.717) is 0 Å². The summed E-state index contributed by atoms with van der Waals surface area (Å²) < 4.78 is 24.1. The van der Waals surface area contributed by atoms with E-state index in [1.54, 1.807) is 0 Å². The van der Waals surface area contributed by atoms with Gasteiger partial charge in [-0.2, -0.15) is 12.8 Å². The van der Waals surface area contributed by atoms with Crippen molar-refractivity contribution in [1.82, 2.24) is 0 Å². The van der Waals surface area contributed by atoms with Crippen LogP contribution in [-0.4, -0.2) is 4.55 Å². The van der Waals surface area contributed by atoms with E-state index in [1.165, 1.54) is 38.5 Å². The fourth-order valence-corrected chi connectivity index (χ4v) is 1.10. The van der Waals surface area contributed by atoms with Gasteiger partial charge in [0, 0.05) is 43.7 Å². The molecule has 0 fully saturated rings. The van der Waals surface area contributed by atoms with E-state index in [1.807, 2.05) is 0 Å². The summed E-state index contributed by atoms with van der Waals surface area (Å²) in [6.07, 6.45) is 10.5. The SMILES string of the molecule is C.C.C.C.C.C.CCCC[CH-]CCC(C)CC.O=[S-](=O)O.[Y]. The summed E-state index contributed by atoms with van der Waals surface area (Å²) >= 11 is 0. The van der Waals surface area contributed by atoms with Gasteiger partial charge in [0.1, 0.15) is 0 Å². The van der Waals surface area contributed by atoms with E-state index < -0.39 is 11.0 Å². The van der Waals surface area contributed by atoms with Crippen LogP contribution in [0, 0.1) is 12.3 Å². The van der Waals surface area contributed by atoms with E-state index >= 15 is 0 Å². The van der Waals surface area contributed by atoms with Crippen LogP contribution < -0.4 is 0 Å². The van der Waals surface area contributed by atoms with Crippen LogP contribution >= 0.6 is 0 Å². The fourth-order valence-electron chi connectivity index (χ4n) is 1.10. The Morgan fingerprint density at radius 2 is 1.32 bits per heavy atom. The summed E-state index contributed by atoms with van der Waals surface area (Å²) in [4.78, 5) is 0. The van der Waals surface area contributed by atoms with Crippen molar-refractivity contribution >= 4 is 11.0 Å². The van der Waals surface area contributed by atoms with Crippen LogP contribution in [0.1, 0.15) is 104 Å². The first-order chi connectivity index (χ1) is 7.04. The molecule has 5 heteroatoms. The van der Waals surface area contributed by atoms with E-state index in [9.17, 15) is 0 Å². The minimum absolute atomic E-state index is 0. The van der Waals surface area contributed by atoms with Gasteiger partial charge in [-0.15, -0.1) is 0 Å². The van der Waals surface area contributed by atoms with Gasteiger partial charge in [0.05, 0.1) is 0 Å². The average Bonchev–Trinajstić information content (AvgIpc) is 2.16. The summed E-state index contributed by atoms with van der Waals surface area (Å²) in [6, 6.07) is 0. The average molecular weight is 422 g/mol. The van der Waals surface area contributed by atoms with Gasteiger partial charge >= 0.3 is 0 Å². The summed E-state index contributed by atoms with van der Waals surface area (Å²) in [7, 11) is -2.86. The zero-order valence-corrected chi connectivity index (χ0v) is 14.3. The molecule has 0 saturated carbocycles. The van der Waals surface area contributed by atoms with Gasteiger partial charge in [-0.25, -0.2) is 0 Å². The van der Waals surface area contributed by atoms with Gasteiger partial charge in [0.15, 0.2) is 0 Å². The van der Waals surface area contributed by atoms with Crippen LogP contribution in [0.5, 0.6) is 0 Å². The van der Waals surface area contributed by atoms with Gasteiger partial charge < -0.3 is 19.4 Å². The van der Waals surface area contributed by atoms with Crippen molar-refractivity contribution in [3.63, 3.8) is 0 Å². The monoisotopic (exact) mass is 421 g/mol. The van der Waals surface area contributed by atoms with Crippen molar-refractivity contribution in [3.8, 4) is 0 Å². The molecule has 0 aromatic carbocycles. The van der Waals surface area contributed by atoms with Gasteiger partial charge in [-0.05, 0) is 5.92 Å². The van der Waals surface area contributed by atoms with E-state index in [0.717, 1.165) is 5.92 Å². The maximum Gasteiger partial charge on any atom is 0.0495 e. The summed E-state index contributed by atoms with van der Waals surface area (Å²) in [5.41, 5.74) is 0. The van der Waals surface area contributed by atoms with Crippen LogP contribution in [0.3, 0.4) is 0 Å². The first-order valence-electron chi connectivity index (χ1n) is 5.64. The zero-order chi connectivity index (χ0) is 12.1. The zero-order valence-electron chi connectivity index (χ0n) is 10.6. The normalized spacial score (nSPS) is 8.23. The molecule has 0 saturated heterocycles. The Morgan fingerprint density at radius 3 is 1.59 bits per heavy atom. The maximum atomic E-state index is 8.56. The van der Waals surface area contributed by atoms with Gasteiger partial charge in [-0.1, -0.05) is 91.0 Å². The number of hydrogen-bond acceptors (Lipinski definition) is 3. The van der Waals surface area contributed by atoms with Crippen molar-refractivity contribution in [2.75, 3.05) is 0 Å².